The quantitative estimate of drug-likeness (QED) is 0.436. The number of imidazole rings is 1. The van der Waals surface area contributed by atoms with E-state index in [0.717, 1.165) is 5.52 Å². The van der Waals surface area contributed by atoms with Gasteiger partial charge >= 0.3 is 0 Å². The van der Waals surface area contributed by atoms with Crippen molar-refractivity contribution in [2.75, 3.05) is 0 Å². The van der Waals surface area contributed by atoms with Gasteiger partial charge in [-0.15, -0.1) is 6.58 Å². The van der Waals surface area contributed by atoms with Crippen LogP contribution in [0.3, 0.4) is 0 Å². The maximum absolute atomic E-state index is 10.5. The van der Waals surface area contributed by atoms with Gasteiger partial charge in [0.1, 0.15) is 0 Å². The van der Waals surface area contributed by atoms with E-state index in [1.807, 2.05) is 4.57 Å². The average molecular weight is 203 g/mol. The molecular weight excluding hydrogens is 194 g/mol. The van der Waals surface area contributed by atoms with Gasteiger partial charge in [-0.1, -0.05) is 6.08 Å². The fraction of sp³-hybridized carbons (Fsp3) is 0.100. The van der Waals surface area contributed by atoms with Gasteiger partial charge in [-0.2, -0.15) is 0 Å². The van der Waals surface area contributed by atoms with Crippen LogP contribution in [0, 0.1) is 10.1 Å². The van der Waals surface area contributed by atoms with Gasteiger partial charge in [-0.25, -0.2) is 4.98 Å². The smallest absolute Gasteiger partial charge is 0.271 e. The molecule has 0 fully saturated rings. The van der Waals surface area contributed by atoms with Gasteiger partial charge in [0.15, 0.2) is 0 Å². The summed E-state index contributed by atoms with van der Waals surface area (Å²) < 4.78 is 1.88. The molecule has 0 radical (unpaired) electrons. The minimum absolute atomic E-state index is 0.0614. The Morgan fingerprint density at radius 1 is 1.60 bits per heavy atom. The Balaban J connectivity index is 2.56. The zero-order chi connectivity index (χ0) is 10.8. The number of hydrogen-bond acceptors (Lipinski definition) is 3. The average Bonchev–Trinajstić information content (AvgIpc) is 2.61. The summed E-state index contributed by atoms with van der Waals surface area (Å²) in [5, 5.41) is 10.5. The molecule has 2 rings (SSSR count). The van der Waals surface area contributed by atoms with E-state index in [-0.39, 0.29) is 5.69 Å². The molecule has 0 bridgehead atoms. The summed E-state index contributed by atoms with van der Waals surface area (Å²) in [6.45, 7) is 4.28. The van der Waals surface area contributed by atoms with Crippen molar-refractivity contribution in [1.82, 2.24) is 9.55 Å². The normalized spacial score (nSPS) is 10.4. The third-order valence-corrected chi connectivity index (χ3v) is 2.14. The van der Waals surface area contributed by atoms with E-state index in [1.54, 1.807) is 18.5 Å². The standard InChI is InChI=1S/C10H9N3O2/c1-2-5-12-7-11-9-6-8(13(14)15)3-4-10(9)12/h2-4,6-7H,1,5H2. The first kappa shape index (κ1) is 9.39. The molecule has 5 nitrogen and oxygen atoms in total. The van der Waals surface area contributed by atoms with Crippen molar-refractivity contribution in [3.05, 3.63) is 47.3 Å². The fourth-order valence-electron chi connectivity index (χ4n) is 1.45. The van der Waals surface area contributed by atoms with Crippen molar-refractivity contribution in [2.45, 2.75) is 6.54 Å². The summed E-state index contributed by atoms with van der Waals surface area (Å²) in [6.07, 6.45) is 3.40. The highest BCUT2D eigenvalue weighted by molar-refractivity contribution is 5.78. The number of non-ortho nitro benzene ring substituents is 1. The first-order valence-corrected chi connectivity index (χ1v) is 4.42. The number of hydrogen-bond donors (Lipinski definition) is 0. The highest BCUT2D eigenvalue weighted by Crippen LogP contribution is 2.19. The molecule has 5 heteroatoms. The van der Waals surface area contributed by atoms with E-state index >= 15 is 0 Å². The first-order valence-electron chi connectivity index (χ1n) is 4.42. The van der Waals surface area contributed by atoms with Crippen molar-refractivity contribution in [3.63, 3.8) is 0 Å². The molecule has 0 aliphatic rings. The van der Waals surface area contributed by atoms with Gasteiger partial charge in [0.05, 0.1) is 22.3 Å². The number of rotatable bonds is 3. The van der Waals surface area contributed by atoms with Crippen LogP contribution in [-0.2, 0) is 6.54 Å². The van der Waals surface area contributed by atoms with Crippen LogP contribution in [0.1, 0.15) is 0 Å². The molecule has 15 heavy (non-hydrogen) atoms. The molecule has 1 aromatic carbocycles. The highest BCUT2D eigenvalue weighted by atomic mass is 16.6. The minimum atomic E-state index is -0.425. The van der Waals surface area contributed by atoms with Crippen LogP contribution < -0.4 is 0 Å². The second kappa shape index (κ2) is 3.53. The maximum atomic E-state index is 10.5. The Morgan fingerprint density at radius 3 is 3.07 bits per heavy atom. The summed E-state index contributed by atoms with van der Waals surface area (Å²) in [6, 6.07) is 4.64. The SMILES string of the molecule is C=CCn1cnc2cc([N+](=O)[O-])ccc21. The summed E-state index contributed by atoms with van der Waals surface area (Å²) >= 11 is 0. The Bertz CT molecular complexity index is 530. The molecule has 0 saturated carbocycles. The molecule has 76 valence electrons. The Morgan fingerprint density at radius 2 is 2.40 bits per heavy atom. The van der Waals surface area contributed by atoms with Crippen LogP contribution >= 0.6 is 0 Å². The number of benzene rings is 1. The van der Waals surface area contributed by atoms with Gasteiger partial charge in [0, 0.05) is 18.7 Å². The lowest BCUT2D eigenvalue weighted by Crippen LogP contribution is -1.92. The van der Waals surface area contributed by atoms with Crippen molar-refractivity contribution < 1.29 is 4.92 Å². The van der Waals surface area contributed by atoms with Crippen LogP contribution in [-0.4, -0.2) is 14.5 Å². The summed E-state index contributed by atoms with van der Waals surface area (Å²) in [7, 11) is 0. The highest BCUT2D eigenvalue weighted by Gasteiger charge is 2.08. The Hall–Kier alpha value is -2.17. The van der Waals surface area contributed by atoms with E-state index in [0.29, 0.717) is 12.1 Å². The van der Waals surface area contributed by atoms with Gasteiger partial charge in [-0.3, -0.25) is 10.1 Å². The number of allylic oxidation sites excluding steroid dienone is 1. The molecule has 0 aliphatic carbocycles. The molecular formula is C10H9N3O2. The Kier molecular flexibility index (Phi) is 2.21. The number of nitrogens with zero attached hydrogens (tertiary/aromatic N) is 3. The van der Waals surface area contributed by atoms with E-state index in [1.165, 1.54) is 12.1 Å². The lowest BCUT2D eigenvalue weighted by Gasteiger charge is -1.98. The van der Waals surface area contributed by atoms with E-state index in [9.17, 15) is 10.1 Å². The first-order chi connectivity index (χ1) is 7.22. The Labute approximate surface area is 85.8 Å². The maximum Gasteiger partial charge on any atom is 0.271 e. The molecule has 0 spiro atoms. The summed E-state index contributed by atoms with van der Waals surface area (Å²) in [5.41, 5.74) is 1.57. The van der Waals surface area contributed by atoms with Gasteiger partial charge in [-0.05, 0) is 6.07 Å². The molecule has 0 atom stereocenters. The van der Waals surface area contributed by atoms with Gasteiger partial charge in [0.2, 0.25) is 0 Å². The van der Waals surface area contributed by atoms with Crippen LogP contribution in [0.5, 0.6) is 0 Å². The molecule has 0 N–H and O–H groups in total. The predicted octanol–water partition coefficient (Wildman–Crippen LogP) is 2.13. The zero-order valence-electron chi connectivity index (χ0n) is 7.96. The molecule has 1 aromatic heterocycles. The molecule has 1 heterocycles. The molecule has 2 aromatic rings. The minimum Gasteiger partial charge on any atom is -0.327 e. The van der Waals surface area contributed by atoms with Crippen LogP contribution in [0.25, 0.3) is 11.0 Å². The van der Waals surface area contributed by atoms with Crippen LogP contribution in [0.15, 0.2) is 37.2 Å². The monoisotopic (exact) mass is 203 g/mol. The zero-order valence-corrected chi connectivity index (χ0v) is 7.96. The topological polar surface area (TPSA) is 61.0 Å². The van der Waals surface area contributed by atoms with Crippen LogP contribution in [0.4, 0.5) is 5.69 Å². The third kappa shape index (κ3) is 1.59. The largest absolute Gasteiger partial charge is 0.327 e. The van der Waals surface area contributed by atoms with E-state index in [2.05, 4.69) is 11.6 Å². The van der Waals surface area contributed by atoms with Gasteiger partial charge < -0.3 is 4.57 Å². The summed E-state index contributed by atoms with van der Waals surface area (Å²) in [5.74, 6) is 0. The van der Waals surface area contributed by atoms with Crippen molar-refractivity contribution >= 4 is 16.7 Å². The van der Waals surface area contributed by atoms with E-state index < -0.39 is 4.92 Å². The van der Waals surface area contributed by atoms with Crippen molar-refractivity contribution in [2.24, 2.45) is 0 Å². The lowest BCUT2D eigenvalue weighted by molar-refractivity contribution is -0.384. The fourth-order valence-corrected chi connectivity index (χ4v) is 1.45. The van der Waals surface area contributed by atoms with Crippen molar-refractivity contribution in [1.29, 1.82) is 0 Å². The molecule has 0 amide bonds. The predicted molar refractivity (Wildman–Crippen MR) is 56.6 cm³/mol. The number of nitro groups is 1. The van der Waals surface area contributed by atoms with Gasteiger partial charge in [0.25, 0.3) is 5.69 Å². The van der Waals surface area contributed by atoms with E-state index in [4.69, 9.17) is 0 Å². The molecule has 0 aliphatic heterocycles. The summed E-state index contributed by atoms with van der Waals surface area (Å²) in [4.78, 5) is 14.2. The second-order valence-electron chi connectivity index (χ2n) is 3.12. The molecule has 0 saturated heterocycles. The van der Waals surface area contributed by atoms with Crippen molar-refractivity contribution in [3.8, 4) is 0 Å². The number of fused-ring (bicyclic) bond motifs is 1. The second-order valence-corrected chi connectivity index (χ2v) is 3.12. The third-order valence-electron chi connectivity index (χ3n) is 2.14. The number of aromatic nitrogens is 2. The van der Waals surface area contributed by atoms with Crippen LogP contribution in [0.2, 0.25) is 0 Å². The number of nitro benzene ring substituents is 1. The molecule has 0 unspecified atom stereocenters. The lowest BCUT2D eigenvalue weighted by atomic mass is 10.3.